The summed E-state index contributed by atoms with van der Waals surface area (Å²) >= 11 is 0. The minimum atomic E-state index is 0.431. The number of hydrogen-bond acceptors (Lipinski definition) is 2. The summed E-state index contributed by atoms with van der Waals surface area (Å²) in [4.78, 5) is 0. The minimum absolute atomic E-state index is 0.431. The fraction of sp³-hybridized carbons (Fsp3) is 0.818. The Morgan fingerprint density at radius 1 is 1.46 bits per heavy atom. The van der Waals surface area contributed by atoms with E-state index in [9.17, 15) is 0 Å². The molecule has 1 aliphatic rings. The Bertz CT molecular complexity index is 179. The number of allylic oxidation sites excluding steroid dienone is 1. The second kappa shape index (κ2) is 4.14. The predicted octanol–water partition coefficient (Wildman–Crippen LogP) is 2.54. The van der Waals surface area contributed by atoms with Crippen LogP contribution in [0.4, 0.5) is 0 Å². The van der Waals surface area contributed by atoms with E-state index in [1.54, 1.807) is 0 Å². The van der Waals surface area contributed by atoms with Crippen LogP contribution in [0, 0.1) is 5.41 Å². The molecule has 1 fully saturated rings. The molecule has 2 nitrogen and oxygen atoms in total. The third kappa shape index (κ3) is 4.32. The summed E-state index contributed by atoms with van der Waals surface area (Å²) in [6.07, 6.45) is 3.61. The van der Waals surface area contributed by atoms with E-state index in [1.165, 1.54) is 18.5 Å². The van der Waals surface area contributed by atoms with Crippen LogP contribution in [0.1, 0.15) is 40.0 Å². The molecule has 0 aromatic heterocycles. The van der Waals surface area contributed by atoms with Crippen LogP contribution in [0.25, 0.3) is 0 Å². The molecule has 2 heteroatoms. The van der Waals surface area contributed by atoms with E-state index in [4.69, 9.17) is 0 Å². The molecule has 0 aliphatic carbocycles. The Morgan fingerprint density at radius 3 is 2.69 bits per heavy atom. The first kappa shape index (κ1) is 10.6. The fourth-order valence-corrected chi connectivity index (χ4v) is 1.46. The van der Waals surface area contributed by atoms with Crippen molar-refractivity contribution < 1.29 is 0 Å². The zero-order valence-corrected chi connectivity index (χ0v) is 9.19. The third-order valence-corrected chi connectivity index (χ3v) is 2.35. The maximum absolute atomic E-state index is 3.96. The van der Waals surface area contributed by atoms with Crippen molar-refractivity contribution in [3.63, 3.8) is 0 Å². The molecule has 1 saturated heterocycles. The smallest absolute Gasteiger partial charge is 0.0193 e. The fourth-order valence-electron chi connectivity index (χ4n) is 1.46. The average molecular weight is 182 g/mol. The molecule has 0 aromatic rings. The van der Waals surface area contributed by atoms with Gasteiger partial charge in [0.15, 0.2) is 0 Å². The van der Waals surface area contributed by atoms with Gasteiger partial charge in [-0.15, -0.1) is 0 Å². The highest BCUT2D eigenvalue weighted by Gasteiger charge is 2.15. The molecule has 0 unspecified atom stereocenters. The molecule has 0 saturated carbocycles. The molecular weight excluding hydrogens is 160 g/mol. The normalized spacial score (nSPS) is 20.1. The predicted molar refractivity (Wildman–Crippen MR) is 57.2 cm³/mol. The molecule has 0 atom stereocenters. The molecule has 1 rings (SSSR count). The van der Waals surface area contributed by atoms with Crippen molar-refractivity contribution in [3.05, 3.63) is 12.3 Å². The van der Waals surface area contributed by atoms with Crippen LogP contribution in [0.3, 0.4) is 0 Å². The Labute approximate surface area is 82.0 Å². The van der Waals surface area contributed by atoms with Gasteiger partial charge in [-0.05, 0) is 24.7 Å². The monoisotopic (exact) mass is 182 g/mol. The van der Waals surface area contributed by atoms with Crippen molar-refractivity contribution in [2.24, 2.45) is 5.41 Å². The molecule has 1 N–H and O–H groups in total. The summed E-state index contributed by atoms with van der Waals surface area (Å²) in [7, 11) is 0. The lowest BCUT2D eigenvalue weighted by Gasteiger charge is -2.32. The number of nitrogens with zero attached hydrogens (tertiary/aromatic N) is 1. The summed E-state index contributed by atoms with van der Waals surface area (Å²) in [6, 6.07) is 0. The molecular formula is C11H22N2. The van der Waals surface area contributed by atoms with Crippen LogP contribution >= 0.6 is 0 Å². The van der Waals surface area contributed by atoms with Gasteiger partial charge >= 0.3 is 0 Å². The van der Waals surface area contributed by atoms with Gasteiger partial charge in [-0.25, -0.2) is 5.01 Å². The summed E-state index contributed by atoms with van der Waals surface area (Å²) in [5, 5.41) is 2.29. The van der Waals surface area contributed by atoms with E-state index in [-0.39, 0.29) is 0 Å². The number of hydrogen-bond donors (Lipinski definition) is 1. The van der Waals surface area contributed by atoms with Gasteiger partial charge < -0.3 is 5.43 Å². The topological polar surface area (TPSA) is 15.3 Å². The second-order valence-corrected chi connectivity index (χ2v) is 5.12. The van der Waals surface area contributed by atoms with Crippen molar-refractivity contribution in [3.8, 4) is 0 Å². The van der Waals surface area contributed by atoms with Crippen LogP contribution in [-0.2, 0) is 0 Å². The molecule has 0 amide bonds. The maximum Gasteiger partial charge on any atom is 0.0193 e. The standard InChI is InChI=1S/C11H22N2/c1-10-6-5-8-13(12-10)9-7-11(2,3)4/h12H,1,5-9H2,2-4H3. The van der Waals surface area contributed by atoms with Crippen molar-refractivity contribution >= 4 is 0 Å². The zero-order valence-electron chi connectivity index (χ0n) is 9.19. The van der Waals surface area contributed by atoms with Crippen molar-refractivity contribution in [2.45, 2.75) is 40.0 Å². The lowest BCUT2D eigenvalue weighted by Crippen LogP contribution is -2.42. The van der Waals surface area contributed by atoms with Gasteiger partial charge in [-0.3, -0.25) is 0 Å². The van der Waals surface area contributed by atoms with Crippen LogP contribution < -0.4 is 5.43 Å². The summed E-state index contributed by atoms with van der Waals surface area (Å²) in [6.45, 7) is 13.1. The Balaban J connectivity index is 2.25. The molecule has 0 aromatic carbocycles. The first-order valence-electron chi connectivity index (χ1n) is 5.17. The summed E-state index contributed by atoms with van der Waals surface area (Å²) in [5.41, 5.74) is 4.93. The highest BCUT2D eigenvalue weighted by atomic mass is 15.5. The SMILES string of the molecule is C=C1CCCN(CCC(C)(C)C)N1. The lowest BCUT2D eigenvalue weighted by molar-refractivity contribution is 0.157. The third-order valence-electron chi connectivity index (χ3n) is 2.35. The molecule has 0 spiro atoms. The molecule has 0 radical (unpaired) electrons. The van der Waals surface area contributed by atoms with Gasteiger partial charge in [0.2, 0.25) is 0 Å². The van der Waals surface area contributed by atoms with Crippen LogP contribution in [-0.4, -0.2) is 18.1 Å². The van der Waals surface area contributed by atoms with E-state index in [2.05, 4.69) is 37.8 Å². The van der Waals surface area contributed by atoms with Gasteiger partial charge in [-0.2, -0.15) is 0 Å². The van der Waals surface area contributed by atoms with Gasteiger partial charge in [0.05, 0.1) is 0 Å². The molecule has 1 aliphatic heterocycles. The van der Waals surface area contributed by atoms with Crippen molar-refractivity contribution in [1.82, 2.24) is 10.4 Å². The quantitative estimate of drug-likeness (QED) is 0.706. The molecule has 0 bridgehead atoms. The maximum atomic E-state index is 3.96. The lowest BCUT2D eigenvalue weighted by atomic mass is 9.92. The van der Waals surface area contributed by atoms with E-state index in [0.29, 0.717) is 5.41 Å². The summed E-state index contributed by atoms with van der Waals surface area (Å²) in [5.74, 6) is 0. The Kier molecular flexibility index (Phi) is 3.37. The van der Waals surface area contributed by atoms with Gasteiger partial charge in [0.25, 0.3) is 0 Å². The van der Waals surface area contributed by atoms with E-state index >= 15 is 0 Å². The molecule has 76 valence electrons. The van der Waals surface area contributed by atoms with Crippen LogP contribution in [0.2, 0.25) is 0 Å². The highest BCUT2D eigenvalue weighted by Crippen LogP contribution is 2.19. The van der Waals surface area contributed by atoms with E-state index < -0.39 is 0 Å². The Hall–Kier alpha value is -0.500. The second-order valence-electron chi connectivity index (χ2n) is 5.12. The first-order valence-corrected chi connectivity index (χ1v) is 5.17. The summed E-state index contributed by atoms with van der Waals surface area (Å²) < 4.78 is 0. The average Bonchev–Trinajstić information content (AvgIpc) is 2.00. The first-order chi connectivity index (χ1) is 5.97. The van der Waals surface area contributed by atoms with Crippen LogP contribution in [0.5, 0.6) is 0 Å². The Morgan fingerprint density at radius 2 is 2.15 bits per heavy atom. The molecule has 13 heavy (non-hydrogen) atoms. The van der Waals surface area contributed by atoms with Gasteiger partial charge in [0.1, 0.15) is 0 Å². The number of hydrazine groups is 1. The van der Waals surface area contributed by atoms with E-state index in [1.807, 2.05) is 0 Å². The van der Waals surface area contributed by atoms with Crippen molar-refractivity contribution in [1.29, 1.82) is 0 Å². The van der Waals surface area contributed by atoms with Gasteiger partial charge in [-0.1, -0.05) is 27.4 Å². The van der Waals surface area contributed by atoms with Crippen molar-refractivity contribution in [2.75, 3.05) is 13.1 Å². The highest BCUT2D eigenvalue weighted by molar-refractivity contribution is 4.92. The van der Waals surface area contributed by atoms with E-state index in [0.717, 1.165) is 19.5 Å². The van der Waals surface area contributed by atoms with Crippen LogP contribution in [0.15, 0.2) is 12.3 Å². The largest absolute Gasteiger partial charge is 0.324 e. The number of rotatable bonds is 2. The zero-order chi connectivity index (χ0) is 9.90. The number of nitrogens with one attached hydrogen (secondary N) is 1. The van der Waals surface area contributed by atoms with Gasteiger partial charge in [0, 0.05) is 18.8 Å². The molecule has 1 heterocycles. The minimum Gasteiger partial charge on any atom is -0.324 e.